The van der Waals surface area contributed by atoms with Gasteiger partial charge in [0.2, 0.25) is 5.89 Å². The summed E-state index contributed by atoms with van der Waals surface area (Å²) in [6.07, 6.45) is 1.69. The third-order valence-corrected chi connectivity index (χ3v) is 4.46. The number of hydrogen-bond donors (Lipinski definition) is 2. The van der Waals surface area contributed by atoms with E-state index in [1.165, 1.54) is 11.1 Å². The number of oxazole rings is 1. The summed E-state index contributed by atoms with van der Waals surface area (Å²) >= 11 is 1.62. The lowest BCUT2D eigenvalue weighted by Crippen LogP contribution is -2.36. The third-order valence-electron chi connectivity index (χ3n) is 3.61. The van der Waals surface area contributed by atoms with Gasteiger partial charge in [0.1, 0.15) is 6.26 Å². The Morgan fingerprint density at radius 2 is 2.04 bits per heavy atom. The fourth-order valence-electron chi connectivity index (χ4n) is 2.28. The number of benzene rings is 1. The zero-order valence-electron chi connectivity index (χ0n) is 14.5. The van der Waals surface area contributed by atoms with Crippen LogP contribution in [0, 0.1) is 6.92 Å². The van der Waals surface area contributed by atoms with Gasteiger partial charge in [-0.2, -0.15) is 0 Å². The number of rotatable bonds is 6. The van der Waals surface area contributed by atoms with Crippen LogP contribution < -0.4 is 10.6 Å². The van der Waals surface area contributed by atoms with E-state index >= 15 is 0 Å². The van der Waals surface area contributed by atoms with E-state index in [2.05, 4.69) is 51.8 Å². The summed E-state index contributed by atoms with van der Waals surface area (Å²) < 4.78 is 5.54. The molecule has 2 N–H and O–H groups in total. The second-order valence-electron chi connectivity index (χ2n) is 5.66. The summed E-state index contributed by atoms with van der Waals surface area (Å²) in [5, 5.41) is 8.56. The fourth-order valence-corrected chi connectivity index (χ4v) is 2.94. The Morgan fingerprint density at radius 3 is 2.76 bits per heavy atom. The minimum atomic E-state index is 0.564. The van der Waals surface area contributed by atoms with Crippen molar-refractivity contribution in [3.63, 3.8) is 0 Å². The molecule has 0 saturated carbocycles. The van der Waals surface area contributed by atoms with Crippen molar-refractivity contribution in [2.45, 2.75) is 26.9 Å². The van der Waals surface area contributed by atoms with Crippen LogP contribution in [-0.2, 0) is 13.1 Å². The van der Waals surface area contributed by atoms with Gasteiger partial charge in [-0.3, -0.25) is 0 Å². The highest BCUT2D eigenvalue weighted by Crippen LogP contribution is 2.23. The van der Waals surface area contributed by atoms with Crippen LogP contribution in [0.2, 0.25) is 0 Å². The van der Waals surface area contributed by atoms with E-state index in [4.69, 9.17) is 4.42 Å². The number of nitrogens with one attached hydrogen (secondary N) is 2. The number of hydrogen-bond acceptors (Lipinski definition) is 4. The minimum Gasteiger partial charge on any atom is -0.443 e. The molecule has 0 saturated heterocycles. The number of aryl methyl sites for hydroxylation is 1. The topological polar surface area (TPSA) is 62.5 Å². The highest BCUT2D eigenvalue weighted by molar-refractivity contribution is 7.13. The lowest BCUT2D eigenvalue weighted by Gasteiger charge is -2.10. The molecule has 1 aromatic carbocycles. The first kappa shape index (κ1) is 17.2. The van der Waals surface area contributed by atoms with Gasteiger partial charge in [0.15, 0.2) is 5.96 Å². The van der Waals surface area contributed by atoms with E-state index in [1.54, 1.807) is 17.6 Å². The van der Waals surface area contributed by atoms with Gasteiger partial charge in [-0.15, -0.1) is 11.3 Å². The highest BCUT2D eigenvalue weighted by atomic mass is 32.1. The average molecular weight is 354 g/mol. The van der Waals surface area contributed by atoms with Gasteiger partial charge in [-0.1, -0.05) is 35.9 Å². The van der Waals surface area contributed by atoms with Crippen molar-refractivity contribution in [1.29, 1.82) is 0 Å². The molecule has 0 atom stereocenters. The molecule has 25 heavy (non-hydrogen) atoms. The first-order valence-electron chi connectivity index (χ1n) is 8.30. The lowest BCUT2D eigenvalue weighted by molar-refractivity contribution is 0.573. The first-order chi connectivity index (χ1) is 12.2. The SMILES string of the molecule is CCNC(=NCc1ccc(C)cc1)NCc1coc(-c2cccs2)n1. The summed E-state index contributed by atoms with van der Waals surface area (Å²) in [6.45, 7) is 6.14. The number of aromatic nitrogens is 1. The van der Waals surface area contributed by atoms with Crippen LogP contribution in [0.25, 0.3) is 10.8 Å². The molecule has 0 aliphatic rings. The van der Waals surface area contributed by atoms with Crippen molar-refractivity contribution in [3.8, 4) is 10.8 Å². The lowest BCUT2D eigenvalue weighted by atomic mass is 10.1. The predicted molar refractivity (Wildman–Crippen MR) is 103 cm³/mol. The Hall–Kier alpha value is -2.60. The second kappa shape index (κ2) is 8.48. The van der Waals surface area contributed by atoms with Crippen LogP contribution in [0.15, 0.2) is 57.5 Å². The van der Waals surface area contributed by atoms with Gasteiger partial charge in [-0.25, -0.2) is 9.98 Å². The molecule has 0 aliphatic heterocycles. The van der Waals surface area contributed by atoms with Gasteiger partial charge in [0, 0.05) is 6.54 Å². The van der Waals surface area contributed by atoms with Crippen molar-refractivity contribution >= 4 is 17.3 Å². The molecular weight excluding hydrogens is 332 g/mol. The number of thiophene rings is 1. The molecular formula is C19H22N4OS. The zero-order chi connectivity index (χ0) is 17.5. The molecule has 2 heterocycles. The molecule has 130 valence electrons. The highest BCUT2D eigenvalue weighted by Gasteiger charge is 2.08. The fraction of sp³-hybridized carbons (Fsp3) is 0.263. The van der Waals surface area contributed by atoms with E-state index in [0.29, 0.717) is 19.0 Å². The standard InChI is InChI=1S/C19H22N4OS/c1-3-20-19(21-11-15-8-6-14(2)7-9-15)22-12-16-13-24-18(23-16)17-5-4-10-25-17/h4-10,13H,3,11-12H2,1-2H3,(H2,20,21,22). The van der Waals surface area contributed by atoms with Gasteiger partial charge >= 0.3 is 0 Å². The van der Waals surface area contributed by atoms with E-state index in [-0.39, 0.29) is 0 Å². The Bertz CT molecular complexity index is 806. The summed E-state index contributed by atoms with van der Waals surface area (Å²) in [6, 6.07) is 12.4. The number of nitrogens with zero attached hydrogens (tertiary/aromatic N) is 2. The quantitative estimate of drug-likeness (QED) is 0.519. The Kier molecular flexibility index (Phi) is 5.85. The Balaban J connectivity index is 1.60. The molecule has 0 spiro atoms. The van der Waals surface area contributed by atoms with Crippen molar-refractivity contribution < 1.29 is 4.42 Å². The van der Waals surface area contributed by atoms with E-state index in [9.17, 15) is 0 Å². The molecule has 0 amide bonds. The van der Waals surface area contributed by atoms with Crippen molar-refractivity contribution in [2.24, 2.45) is 4.99 Å². The molecule has 5 nitrogen and oxygen atoms in total. The van der Waals surface area contributed by atoms with E-state index in [0.717, 1.165) is 23.1 Å². The summed E-state index contributed by atoms with van der Waals surface area (Å²) in [5.74, 6) is 1.43. The average Bonchev–Trinajstić information content (AvgIpc) is 3.30. The maximum absolute atomic E-state index is 5.54. The molecule has 0 unspecified atom stereocenters. The van der Waals surface area contributed by atoms with Crippen LogP contribution in [0.1, 0.15) is 23.7 Å². The Morgan fingerprint density at radius 1 is 1.20 bits per heavy atom. The molecule has 3 rings (SSSR count). The van der Waals surface area contributed by atoms with E-state index in [1.807, 2.05) is 24.4 Å². The number of guanidine groups is 1. The molecule has 0 fully saturated rings. The molecule has 2 aromatic heterocycles. The smallest absolute Gasteiger partial charge is 0.236 e. The summed E-state index contributed by atoms with van der Waals surface area (Å²) in [4.78, 5) is 10.2. The van der Waals surface area contributed by atoms with E-state index < -0.39 is 0 Å². The molecule has 0 radical (unpaired) electrons. The maximum atomic E-state index is 5.54. The molecule has 3 aromatic rings. The minimum absolute atomic E-state index is 0.564. The van der Waals surface area contributed by atoms with Crippen LogP contribution in [0.5, 0.6) is 0 Å². The van der Waals surface area contributed by atoms with Gasteiger partial charge in [-0.05, 0) is 30.9 Å². The first-order valence-corrected chi connectivity index (χ1v) is 9.18. The largest absolute Gasteiger partial charge is 0.443 e. The summed E-state index contributed by atoms with van der Waals surface area (Å²) in [7, 11) is 0. The van der Waals surface area contributed by atoms with Crippen LogP contribution in [-0.4, -0.2) is 17.5 Å². The van der Waals surface area contributed by atoms with Crippen LogP contribution >= 0.6 is 11.3 Å². The number of aliphatic imine (C=N–C) groups is 1. The van der Waals surface area contributed by atoms with Crippen LogP contribution in [0.3, 0.4) is 0 Å². The molecule has 0 bridgehead atoms. The normalized spacial score (nSPS) is 11.5. The monoisotopic (exact) mass is 354 g/mol. The van der Waals surface area contributed by atoms with Gasteiger partial charge < -0.3 is 15.1 Å². The third kappa shape index (κ3) is 4.93. The molecule has 6 heteroatoms. The maximum Gasteiger partial charge on any atom is 0.236 e. The van der Waals surface area contributed by atoms with Crippen molar-refractivity contribution in [2.75, 3.05) is 6.54 Å². The van der Waals surface area contributed by atoms with Gasteiger partial charge in [0.25, 0.3) is 0 Å². The Labute approximate surface area is 151 Å². The summed E-state index contributed by atoms with van der Waals surface area (Å²) in [5.41, 5.74) is 3.29. The predicted octanol–water partition coefficient (Wildman–Crippen LogP) is 3.97. The van der Waals surface area contributed by atoms with Crippen molar-refractivity contribution in [1.82, 2.24) is 15.6 Å². The molecule has 0 aliphatic carbocycles. The van der Waals surface area contributed by atoms with Crippen LogP contribution in [0.4, 0.5) is 0 Å². The zero-order valence-corrected chi connectivity index (χ0v) is 15.3. The van der Waals surface area contributed by atoms with Gasteiger partial charge in [0.05, 0.1) is 23.7 Å². The second-order valence-corrected chi connectivity index (χ2v) is 6.60. The van der Waals surface area contributed by atoms with Crippen molar-refractivity contribution in [3.05, 3.63) is 64.9 Å².